The van der Waals surface area contributed by atoms with Gasteiger partial charge in [0.25, 0.3) is 5.91 Å². The second kappa shape index (κ2) is 4.41. The van der Waals surface area contributed by atoms with Crippen LogP contribution in [-0.2, 0) is 0 Å². The number of nitrogens with one attached hydrogen (secondary N) is 1. The van der Waals surface area contributed by atoms with Crippen molar-refractivity contribution < 1.29 is 9.18 Å². The minimum Gasteiger partial charge on any atom is -0.351 e. The zero-order valence-corrected chi connectivity index (χ0v) is 9.81. The maximum atomic E-state index is 12.5. The summed E-state index contributed by atoms with van der Waals surface area (Å²) in [4.78, 5) is 15.1. The number of hydrogen-bond acceptors (Lipinski definition) is 3. The first kappa shape index (κ1) is 11.4. The minimum absolute atomic E-state index is 0.187. The summed E-state index contributed by atoms with van der Waals surface area (Å²) in [5.74, 6) is -0.757. The lowest BCUT2D eigenvalue weighted by molar-refractivity contribution is 0.0952. The van der Waals surface area contributed by atoms with Gasteiger partial charge in [-0.15, -0.1) is 0 Å². The molecule has 1 N–H and O–H groups in total. The average molecular weight is 240 g/mol. The van der Waals surface area contributed by atoms with Crippen molar-refractivity contribution in [2.75, 3.05) is 12.8 Å². The molecule has 0 unspecified atom stereocenters. The Labute approximate surface area is 97.8 Å². The molecule has 1 aromatic rings. The van der Waals surface area contributed by atoms with Gasteiger partial charge < -0.3 is 5.32 Å². The number of carbonyl (C=O) groups is 1. The summed E-state index contributed by atoms with van der Waals surface area (Å²) in [7, 11) is 0. The van der Waals surface area contributed by atoms with Crippen molar-refractivity contribution in [1.29, 1.82) is 0 Å². The van der Waals surface area contributed by atoms with E-state index < -0.39 is 5.95 Å². The molecule has 0 atom stereocenters. The van der Waals surface area contributed by atoms with E-state index in [9.17, 15) is 9.18 Å². The van der Waals surface area contributed by atoms with Gasteiger partial charge in [0, 0.05) is 17.5 Å². The van der Waals surface area contributed by atoms with E-state index in [2.05, 4.69) is 16.6 Å². The van der Waals surface area contributed by atoms with Crippen LogP contribution in [0.3, 0.4) is 0 Å². The molecule has 2 rings (SSSR count). The SMILES string of the molecule is CSC1(CNC(=O)c2ccc(F)nc2)CC1. The van der Waals surface area contributed by atoms with Crippen LogP contribution in [0.1, 0.15) is 23.2 Å². The molecular formula is C11H13FN2OS. The van der Waals surface area contributed by atoms with Gasteiger partial charge in [-0.2, -0.15) is 16.2 Å². The van der Waals surface area contributed by atoms with Crippen LogP contribution in [-0.4, -0.2) is 28.4 Å². The predicted octanol–water partition coefficient (Wildman–Crippen LogP) is 1.85. The molecule has 1 amide bonds. The van der Waals surface area contributed by atoms with E-state index >= 15 is 0 Å². The van der Waals surface area contributed by atoms with E-state index in [1.165, 1.54) is 18.3 Å². The van der Waals surface area contributed by atoms with Gasteiger partial charge in [0.05, 0.1) is 5.56 Å². The highest BCUT2D eigenvalue weighted by atomic mass is 32.2. The largest absolute Gasteiger partial charge is 0.351 e. The van der Waals surface area contributed by atoms with Crippen LogP contribution < -0.4 is 5.32 Å². The number of hydrogen-bond donors (Lipinski definition) is 1. The van der Waals surface area contributed by atoms with Gasteiger partial charge >= 0.3 is 0 Å². The molecule has 1 fully saturated rings. The van der Waals surface area contributed by atoms with Gasteiger partial charge in [0.1, 0.15) is 0 Å². The van der Waals surface area contributed by atoms with Crippen LogP contribution in [0.2, 0.25) is 0 Å². The topological polar surface area (TPSA) is 42.0 Å². The number of aromatic nitrogens is 1. The quantitative estimate of drug-likeness (QED) is 0.817. The lowest BCUT2D eigenvalue weighted by Gasteiger charge is -2.12. The smallest absolute Gasteiger partial charge is 0.252 e. The number of halogens is 1. The Bertz CT molecular complexity index is 389. The van der Waals surface area contributed by atoms with Crippen molar-refractivity contribution in [1.82, 2.24) is 10.3 Å². The van der Waals surface area contributed by atoms with Crippen molar-refractivity contribution >= 4 is 17.7 Å². The summed E-state index contributed by atoms with van der Waals surface area (Å²) in [6.45, 7) is 0.671. The molecule has 1 aromatic heterocycles. The van der Waals surface area contributed by atoms with Crippen LogP contribution in [0.4, 0.5) is 4.39 Å². The highest BCUT2D eigenvalue weighted by Crippen LogP contribution is 2.46. The van der Waals surface area contributed by atoms with Gasteiger partial charge in [0.2, 0.25) is 5.95 Å². The molecule has 3 nitrogen and oxygen atoms in total. The predicted molar refractivity (Wildman–Crippen MR) is 62.0 cm³/mol. The molecule has 16 heavy (non-hydrogen) atoms. The molecule has 1 aliphatic rings. The molecule has 1 aliphatic carbocycles. The molecule has 1 saturated carbocycles. The first-order valence-electron chi connectivity index (χ1n) is 5.10. The first-order chi connectivity index (χ1) is 7.65. The van der Waals surface area contributed by atoms with Crippen LogP contribution >= 0.6 is 11.8 Å². The molecule has 0 saturated heterocycles. The molecule has 0 spiro atoms. The summed E-state index contributed by atoms with van der Waals surface area (Å²) in [5, 5.41) is 2.85. The van der Waals surface area contributed by atoms with Crippen LogP contribution in [0.5, 0.6) is 0 Å². The minimum atomic E-state index is -0.570. The van der Waals surface area contributed by atoms with E-state index in [-0.39, 0.29) is 10.7 Å². The van der Waals surface area contributed by atoms with Crippen molar-refractivity contribution in [3.63, 3.8) is 0 Å². The summed E-state index contributed by atoms with van der Waals surface area (Å²) >= 11 is 1.79. The monoisotopic (exact) mass is 240 g/mol. The molecule has 0 aromatic carbocycles. The van der Waals surface area contributed by atoms with Crippen LogP contribution in [0.15, 0.2) is 18.3 Å². The van der Waals surface area contributed by atoms with Gasteiger partial charge in [-0.3, -0.25) is 4.79 Å². The third-order valence-electron chi connectivity index (χ3n) is 2.80. The Morgan fingerprint density at radius 2 is 2.38 bits per heavy atom. The fourth-order valence-electron chi connectivity index (χ4n) is 1.45. The molecule has 1 heterocycles. The van der Waals surface area contributed by atoms with E-state index in [0.717, 1.165) is 12.8 Å². The maximum absolute atomic E-state index is 12.5. The molecule has 5 heteroatoms. The average Bonchev–Trinajstić information content (AvgIpc) is 3.08. The Morgan fingerprint density at radius 3 is 2.88 bits per heavy atom. The van der Waals surface area contributed by atoms with Gasteiger partial charge in [-0.05, 0) is 31.2 Å². The summed E-state index contributed by atoms with van der Waals surface area (Å²) in [6.07, 6.45) is 5.61. The lowest BCUT2D eigenvalue weighted by atomic mass is 10.2. The van der Waals surface area contributed by atoms with E-state index in [0.29, 0.717) is 12.1 Å². The van der Waals surface area contributed by atoms with Crippen LogP contribution in [0.25, 0.3) is 0 Å². The number of nitrogens with zero attached hydrogens (tertiary/aromatic N) is 1. The fourth-order valence-corrected chi connectivity index (χ4v) is 2.17. The Kier molecular flexibility index (Phi) is 3.14. The summed E-state index contributed by atoms with van der Waals surface area (Å²) in [5.41, 5.74) is 0.401. The molecule has 0 bridgehead atoms. The molecule has 86 valence electrons. The van der Waals surface area contributed by atoms with Crippen molar-refractivity contribution in [3.8, 4) is 0 Å². The van der Waals surface area contributed by atoms with Crippen molar-refractivity contribution in [3.05, 3.63) is 29.8 Å². The Morgan fingerprint density at radius 1 is 1.62 bits per heavy atom. The first-order valence-corrected chi connectivity index (χ1v) is 6.33. The normalized spacial score (nSPS) is 16.9. The van der Waals surface area contributed by atoms with Gasteiger partial charge in [-0.25, -0.2) is 4.98 Å². The van der Waals surface area contributed by atoms with E-state index in [1.54, 1.807) is 11.8 Å². The van der Waals surface area contributed by atoms with E-state index in [1.807, 2.05) is 0 Å². The Hall–Kier alpha value is -1.10. The molecule has 0 aliphatic heterocycles. The van der Waals surface area contributed by atoms with Gasteiger partial charge in [-0.1, -0.05) is 0 Å². The summed E-state index contributed by atoms with van der Waals surface area (Å²) in [6, 6.07) is 2.63. The Balaban J connectivity index is 1.91. The second-order valence-corrected chi connectivity index (χ2v) is 5.21. The van der Waals surface area contributed by atoms with E-state index in [4.69, 9.17) is 0 Å². The standard InChI is InChI=1S/C11H13FN2OS/c1-16-11(4-5-11)7-14-10(15)8-2-3-9(12)13-6-8/h2-3,6H,4-5,7H2,1H3,(H,14,15). The highest BCUT2D eigenvalue weighted by molar-refractivity contribution is 8.00. The van der Waals surface area contributed by atoms with Crippen molar-refractivity contribution in [2.45, 2.75) is 17.6 Å². The maximum Gasteiger partial charge on any atom is 0.252 e. The lowest BCUT2D eigenvalue weighted by Crippen LogP contribution is -2.31. The third-order valence-corrected chi connectivity index (χ3v) is 4.22. The molecule has 0 radical (unpaired) electrons. The highest BCUT2D eigenvalue weighted by Gasteiger charge is 2.41. The molecular weight excluding hydrogens is 227 g/mol. The van der Waals surface area contributed by atoms with Crippen LogP contribution in [0, 0.1) is 5.95 Å². The number of thioether (sulfide) groups is 1. The zero-order valence-electron chi connectivity index (χ0n) is 9.00. The number of carbonyl (C=O) groups excluding carboxylic acids is 1. The second-order valence-electron chi connectivity index (χ2n) is 3.94. The number of pyridine rings is 1. The fraction of sp³-hybridized carbons (Fsp3) is 0.455. The number of amides is 1. The summed E-state index contributed by atoms with van der Waals surface area (Å²) < 4.78 is 12.8. The zero-order chi connectivity index (χ0) is 11.6. The van der Waals surface area contributed by atoms with Crippen molar-refractivity contribution in [2.24, 2.45) is 0 Å². The number of rotatable bonds is 4. The third kappa shape index (κ3) is 2.52. The van der Waals surface area contributed by atoms with Gasteiger partial charge in [0.15, 0.2) is 0 Å².